The zero-order chi connectivity index (χ0) is 16.3. The lowest BCUT2D eigenvalue weighted by Crippen LogP contribution is -2.25. The molecular weight excluding hydrogens is 304 g/mol. The summed E-state index contributed by atoms with van der Waals surface area (Å²) in [4.78, 5) is 17.3. The molecular formula is C18H12N4O2. The molecule has 2 N–H and O–H groups in total. The summed E-state index contributed by atoms with van der Waals surface area (Å²) in [5, 5.41) is 17.1. The number of nitrogens with one attached hydrogen (secondary N) is 1. The molecule has 0 fully saturated rings. The van der Waals surface area contributed by atoms with Crippen LogP contribution < -0.4 is 5.32 Å². The highest BCUT2D eigenvalue weighted by Gasteiger charge is 2.40. The van der Waals surface area contributed by atoms with E-state index in [-0.39, 0.29) is 17.6 Å². The van der Waals surface area contributed by atoms with Gasteiger partial charge in [-0.2, -0.15) is 10.1 Å². The normalized spacial score (nSPS) is 18.0. The first-order valence-electron chi connectivity index (χ1n) is 7.58. The van der Waals surface area contributed by atoms with Crippen LogP contribution in [0.2, 0.25) is 0 Å². The summed E-state index contributed by atoms with van der Waals surface area (Å²) in [5.74, 6) is 0.769. The fourth-order valence-electron chi connectivity index (χ4n) is 3.43. The molecule has 24 heavy (non-hydrogen) atoms. The van der Waals surface area contributed by atoms with Crippen molar-refractivity contribution in [1.29, 1.82) is 0 Å². The third-order valence-corrected chi connectivity index (χ3v) is 4.49. The molecule has 0 radical (unpaired) electrons. The van der Waals surface area contributed by atoms with Crippen molar-refractivity contribution in [3.8, 4) is 5.75 Å². The van der Waals surface area contributed by atoms with Crippen molar-refractivity contribution in [3.63, 3.8) is 0 Å². The summed E-state index contributed by atoms with van der Waals surface area (Å²) in [7, 11) is 0. The van der Waals surface area contributed by atoms with Crippen LogP contribution in [0.1, 0.15) is 27.5 Å². The van der Waals surface area contributed by atoms with Gasteiger partial charge in [0.2, 0.25) is 5.95 Å². The van der Waals surface area contributed by atoms with Gasteiger partial charge in [-0.25, -0.2) is 4.68 Å². The maximum absolute atomic E-state index is 13.0. The number of phenols is 1. The fourth-order valence-corrected chi connectivity index (χ4v) is 3.43. The molecule has 0 bridgehead atoms. The van der Waals surface area contributed by atoms with Gasteiger partial charge in [0.25, 0.3) is 0 Å². The van der Waals surface area contributed by atoms with Gasteiger partial charge in [-0.1, -0.05) is 36.4 Å². The van der Waals surface area contributed by atoms with Gasteiger partial charge in [-0.15, -0.1) is 0 Å². The molecule has 2 aromatic carbocycles. The van der Waals surface area contributed by atoms with Crippen molar-refractivity contribution < 1.29 is 9.90 Å². The number of ketones is 1. The Morgan fingerprint density at radius 1 is 1.04 bits per heavy atom. The fraction of sp³-hybridized carbons (Fsp3) is 0.0556. The number of benzene rings is 2. The number of rotatable bonds is 1. The zero-order valence-corrected chi connectivity index (χ0v) is 12.5. The van der Waals surface area contributed by atoms with E-state index in [9.17, 15) is 9.90 Å². The van der Waals surface area contributed by atoms with Crippen molar-refractivity contribution in [2.75, 3.05) is 5.32 Å². The van der Waals surface area contributed by atoms with Gasteiger partial charge in [0.1, 0.15) is 18.1 Å². The molecule has 1 aliphatic heterocycles. The summed E-state index contributed by atoms with van der Waals surface area (Å²) < 4.78 is 1.70. The second-order valence-electron chi connectivity index (χ2n) is 5.81. The molecule has 6 nitrogen and oxygen atoms in total. The van der Waals surface area contributed by atoms with Crippen LogP contribution >= 0.6 is 0 Å². The summed E-state index contributed by atoms with van der Waals surface area (Å²) in [5.41, 5.74) is 3.88. The third kappa shape index (κ3) is 1.62. The predicted molar refractivity (Wildman–Crippen MR) is 87.6 cm³/mol. The minimum atomic E-state index is -0.376. The molecule has 0 amide bonds. The molecule has 116 valence electrons. The number of aromatic hydroxyl groups is 1. The van der Waals surface area contributed by atoms with Crippen LogP contribution in [-0.2, 0) is 0 Å². The number of Topliss-reactive ketones (excluding diaryl/α,β-unsaturated/α-hetero) is 1. The Labute approximate surface area is 137 Å². The van der Waals surface area contributed by atoms with Crippen LogP contribution in [0.4, 0.5) is 5.95 Å². The molecule has 1 aromatic heterocycles. The standard InChI is InChI=1S/C18H12N4O2/c23-11-7-5-10(6-8-11)16-14-15(21-18-19-9-20-22(16)18)12-3-1-2-4-13(12)17(14)24/h1-9,16,23H,(H,19,20,21). The molecule has 2 heterocycles. The van der Waals surface area contributed by atoms with E-state index in [0.717, 1.165) is 16.8 Å². The Bertz CT molecular complexity index is 1020. The predicted octanol–water partition coefficient (Wildman–Crippen LogP) is 2.61. The number of carbonyl (C=O) groups excluding carboxylic acids is 1. The molecule has 0 saturated heterocycles. The number of nitrogens with zero attached hydrogens (tertiary/aromatic N) is 3. The topological polar surface area (TPSA) is 80.0 Å². The third-order valence-electron chi connectivity index (χ3n) is 4.49. The lowest BCUT2D eigenvalue weighted by atomic mass is 9.94. The Balaban J connectivity index is 1.77. The van der Waals surface area contributed by atoms with Crippen LogP contribution in [0.3, 0.4) is 0 Å². The second-order valence-corrected chi connectivity index (χ2v) is 5.81. The van der Waals surface area contributed by atoms with Crippen LogP contribution in [0, 0.1) is 0 Å². The van der Waals surface area contributed by atoms with Gasteiger partial charge >= 0.3 is 0 Å². The molecule has 0 spiro atoms. The van der Waals surface area contributed by atoms with Gasteiger partial charge in [0, 0.05) is 11.1 Å². The number of aromatic nitrogens is 3. The lowest BCUT2D eigenvalue weighted by molar-refractivity contribution is 0.102. The first-order chi connectivity index (χ1) is 11.7. The van der Waals surface area contributed by atoms with E-state index in [0.29, 0.717) is 17.1 Å². The Morgan fingerprint density at radius 3 is 2.58 bits per heavy atom. The highest BCUT2D eigenvalue weighted by atomic mass is 16.3. The number of fused-ring (bicyclic) bond motifs is 3. The molecule has 1 atom stereocenters. The smallest absolute Gasteiger partial charge is 0.226 e. The summed E-state index contributed by atoms with van der Waals surface area (Å²) in [6, 6.07) is 14.0. The first kappa shape index (κ1) is 13.1. The number of allylic oxidation sites excluding steroid dienone is 1. The quantitative estimate of drug-likeness (QED) is 0.721. The average Bonchev–Trinajstić information content (AvgIpc) is 3.18. The zero-order valence-electron chi connectivity index (χ0n) is 12.5. The van der Waals surface area contributed by atoms with E-state index in [1.54, 1.807) is 28.9 Å². The van der Waals surface area contributed by atoms with Crippen molar-refractivity contribution >= 4 is 17.4 Å². The Morgan fingerprint density at radius 2 is 1.79 bits per heavy atom. The molecule has 5 rings (SSSR count). The molecule has 0 saturated carbocycles. The van der Waals surface area contributed by atoms with E-state index in [1.165, 1.54) is 6.33 Å². The van der Waals surface area contributed by atoms with Crippen LogP contribution in [0.25, 0.3) is 5.70 Å². The highest BCUT2D eigenvalue weighted by molar-refractivity contribution is 6.23. The first-order valence-corrected chi connectivity index (χ1v) is 7.58. The van der Waals surface area contributed by atoms with E-state index in [1.807, 2.05) is 24.3 Å². The summed E-state index contributed by atoms with van der Waals surface area (Å²) in [6.07, 6.45) is 1.47. The van der Waals surface area contributed by atoms with Crippen LogP contribution in [0.15, 0.2) is 60.4 Å². The molecule has 1 unspecified atom stereocenters. The van der Waals surface area contributed by atoms with Gasteiger partial charge in [0.05, 0.1) is 11.3 Å². The number of anilines is 1. The van der Waals surface area contributed by atoms with E-state index in [2.05, 4.69) is 15.4 Å². The van der Waals surface area contributed by atoms with Gasteiger partial charge in [0.15, 0.2) is 5.78 Å². The molecule has 1 aliphatic carbocycles. The molecule has 6 heteroatoms. The summed E-state index contributed by atoms with van der Waals surface area (Å²) in [6.45, 7) is 0. The minimum absolute atomic E-state index is 0.00711. The number of phenolic OH excluding ortho intramolecular Hbond substituents is 1. The number of hydrogen-bond acceptors (Lipinski definition) is 5. The largest absolute Gasteiger partial charge is 0.508 e. The van der Waals surface area contributed by atoms with Crippen LogP contribution in [0.5, 0.6) is 5.75 Å². The maximum atomic E-state index is 13.0. The number of hydrogen-bond donors (Lipinski definition) is 2. The van der Waals surface area contributed by atoms with Crippen molar-refractivity contribution in [2.24, 2.45) is 0 Å². The van der Waals surface area contributed by atoms with Gasteiger partial charge < -0.3 is 10.4 Å². The number of carbonyl (C=O) groups is 1. The lowest BCUT2D eigenvalue weighted by Gasteiger charge is -2.26. The summed E-state index contributed by atoms with van der Waals surface area (Å²) >= 11 is 0. The van der Waals surface area contributed by atoms with Crippen molar-refractivity contribution in [1.82, 2.24) is 14.8 Å². The van der Waals surface area contributed by atoms with Gasteiger partial charge in [-0.05, 0) is 17.7 Å². The monoisotopic (exact) mass is 316 g/mol. The maximum Gasteiger partial charge on any atom is 0.226 e. The molecule has 3 aromatic rings. The minimum Gasteiger partial charge on any atom is -0.508 e. The molecule has 2 aliphatic rings. The van der Waals surface area contributed by atoms with Gasteiger partial charge in [-0.3, -0.25) is 4.79 Å². The Kier molecular flexibility index (Phi) is 2.48. The average molecular weight is 316 g/mol. The van der Waals surface area contributed by atoms with Crippen molar-refractivity contribution in [2.45, 2.75) is 6.04 Å². The van der Waals surface area contributed by atoms with E-state index in [4.69, 9.17) is 0 Å². The Hall–Kier alpha value is -3.41. The second kappa shape index (κ2) is 4.55. The van der Waals surface area contributed by atoms with E-state index >= 15 is 0 Å². The SMILES string of the molecule is O=C1C2=C(Nc3ncnn3C2c2ccc(O)cc2)c2ccccc21. The van der Waals surface area contributed by atoms with Crippen molar-refractivity contribution in [3.05, 3.63) is 77.1 Å². The van der Waals surface area contributed by atoms with Crippen LogP contribution in [-0.4, -0.2) is 25.7 Å². The highest BCUT2D eigenvalue weighted by Crippen LogP contribution is 2.44. The van der Waals surface area contributed by atoms with E-state index < -0.39 is 0 Å².